The molecule has 1 N–H and O–H groups in total. The van der Waals surface area contributed by atoms with Crippen LogP contribution in [0.5, 0.6) is 0 Å². The lowest BCUT2D eigenvalue weighted by Crippen LogP contribution is -2.40. The molecule has 17 heavy (non-hydrogen) atoms. The molecule has 0 aliphatic heterocycles. The van der Waals surface area contributed by atoms with Crippen molar-refractivity contribution in [2.75, 3.05) is 12.3 Å². The molecule has 94 valence electrons. The summed E-state index contributed by atoms with van der Waals surface area (Å²) in [6.07, 6.45) is 1.86. The van der Waals surface area contributed by atoms with E-state index in [1.54, 1.807) is 23.1 Å². The van der Waals surface area contributed by atoms with E-state index in [1.807, 2.05) is 20.8 Å². The Kier molecular flexibility index (Phi) is 5.89. The minimum atomic E-state index is -0.396. The maximum atomic E-state index is 9.10. The molecule has 0 aliphatic rings. The second-order valence-corrected chi connectivity index (χ2v) is 6.54. The topological polar surface area (TPSA) is 61.6 Å². The van der Waals surface area contributed by atoms with E-state index in [0.29, 0.717) is 0 Å². The van der Waals surface area contributed by atoms with Crippen molar-refractivity contribution >= 4 is 23.1 Å². The van der Waals surface area contributed by atoms with Crippen molar-refractivity contribution in [1.29, 1.82) is 5.26 Å². The van der Waals surface area contributed by atoms with Gasteiger partial charge in [-0.1, -0.05) is 30.0 Å². The quantitative estimate of drug-likeness (QED) is 0.609. The average molecular weight is 270 g/mol. The Hall–Kier alpha value is -0.640. The number of nitrogens with zero attached hydrogens (tertiary/aromatic N) is 3. The van der Waals surface area contributed by atoms with Crippen molar-refractivity contribution < 1.29 is 0 Å². The molecule has 1 rings (SSSR count). The second-order valence-electron chi connectivity index (χ2n) is 4.01. The summed E-state index contributed by atoms with van der Waals surface area (Å²) in [6, 6.07) is 2.34. The standard InChI is InChI=1S/C11H18N4S2/c1-4-13-11(3,8-12)6-5-7-16-10-15-14-9(2)17-10/h13H,4-7H2,1-3H3. The Morgan fingerprint density at radius 1 is 1.53 bits per heavy atom. The number of hydrogen-bond donors (Lipinski definition) is 1. The fraction of sp³-hybridized carbons (Fsp3) is 0.727. The SMILES string of the molecule is CCNC(C)(C#N)CCCSc1nnc(C)s1. The van der Waals surface area contributed by atoms with Crippen LogP contribution in [0.3, 0.4) is 0 Å². The first-order valence-corrected chi connectivity index (χ1v) is 7.49. The summed E-state index contributed by atoms with van der Waals surface area (Å²) in [6.45, 7) is 6.76. The number of hydrogen-bond acceptors (Lipinski definition) is 6. The van der Waals surface area contributed by atoms with E-state index in [2.05, 4.69) is 21.6 Å². The van der Waals surface area contributed by atoms with E-state index in [-0.39, 0.29) is 0 Å². The third kappa shape index (κ3) is 5.02. The molecule has 4 nitrogen and oxygen atoms in total. The van der Waals surface area contributed by atoms with Crippen LogP contribution in [0.25, 0.3) is 0 Å². The van der Waals surface area contributed by atoms with Gasteiger partial charge in [0.1, 0.15) is 10.5 Å². The van der Waals surface area contributed by atoms with Crippen LogP contribution in [0, 0.1) is 18.3 Å². The lowest BCUT2D eigenvalue weighted by Gasteiger charge is -2.21. The van der Waals surface area contributed by atoms with Crippen molar-refractivity contribution in [2.45, 2.75) is 43.5 Å². The smallest absolute Gasteiger partial charge is 0.174 e. The summed E-state index contributed by atoms with van der Waals surface area (Å²) in [5, 5.41) is 21.3. The van der Waals surface area contributed by atoms with Gasteiger partial charge >= 0.3 is 0 Å². The van der Waals surface area contributed by atoms with Gasteiger partial charge in [0.15, 0.2) is 4.34 Å². The van der Waals surface area contributed by atoms with Gasteiger partial charge in [0.25, 0.3) is 0 Å². The Balaban J connectivity index is 2.26. The number of nitriles is 1. The van der Waals surface area contributed by atoms with E-state index in [0.717, 1.165) is 34.5 Å². The van der Waals surface area contributed by atoms with Gasteiger partial charge in [0, 0.05) is 5.75 Å². The van der Waals surface area contributed by atoms with Crippen LogP contribution in [0.4, 0.5) is 0 Å². The molecule has 0 spiro atoms. The molecule has 6 heteroatoms. The minimum Gasteiger partial charge on any atom is -0.300 e. The number of rotatable bonds is 7. The molecular formula is C11H18N4S2. The molecule has 0 amide bonds. The first-order valence-electron chi connectivity index (χ1n) is 5.69. The van der Waals surface area contributed by atoms with Crippen molar-refractivity contribution in [1.82, 2.24) is 15.5 Å². The lowest BCUT2D eigenvalue weighted by molar-refractivity contribution is 0.426. The maximum absolute atomic E-state index is 9.10. The molecule has 0 saturated heterocycles. The van der Waals surface area contributed by atoms with Gasteiger partial charge in [-0.05, 0) is 33.2 Å². The van der Waals surface area contributed by atoms with E-state index >= 15 is 0 Å². The van der Waals surface area contributed by atoms with E-state index in [1.165, 1.54) is 0 Å². The van der Waals surface area contributed by atoms with Gasteiger partial charge in [0.05, 0.1) is 6.07 Å². The Bertz CT molecular complexity index is 385. The number of aryl methyl sites for hydroxylation is 1. The minimum absolute atomic E-state index is 0.396. The fourth-order valence-corrected chi connectivity index (χ4v) is 3.32. The summed E-state index contributed by atoms with van der Waals surface area (Å²) < 4.78 is 1.02. The highest BCUT2D eigenvalue weighted by atomic mass is 32.2. The highest BCUT2D eigenvalue weighted by molar-refractivity contribution is 8.01. The van der Waals surface area contributed by atoms with Gasteiger partial charge in [-0.15, -0.1) is 10.2 Å². The summed E-state index contributed by atoms with van der Waals surface area (Å²) in [7, 11) is 0. The molecule has 1 aromatic rings. The molecule has 0 fully saturated rings. The molecule has 0 aromatic carbocycles. The summed E-state index contributed by atoms with van der Waals surface area (Å²) in [5.41, 5.74) is -0.396. The summed E-state index contributed by atoms with van der Waals surface area (Å²) in [5.74, 6) is 0.983. The Morgan fingerprint density at radius 3 is 2.82 bits per heavy atom. The van der Waals surface area contributed by atoms with Gasteiger partial charge in [-0.2, -0.15) is 5.26 Å². The fourth-order valence-electron chi connectivity index (χ4n) is 1.50. The molecule has 0 radical (unpaired) electrons. The molecule has 0 aliphatic carbocycles. The molecule has 1 atom stereocenters. The molecule has 1 unspecified atom stereocenters. The van der Waals surface area contributed by atoms with Crippen molar-refractivity contribution in [3.8, 4) is 6.07 Å². The van der Waals surface area contributed by atoms with E-state index < -0.39 is 5.54 Å². The zero-order valence-electron chi connectivity index (χ0n) is 10.5. The Labute approximate surface area is 111 Å². The van der Waals surface area contributed by atoms with Crippen LogP contribution in [0.2, 0.25) is 0 Å². The van der Waals surface area contributed by atoms with Crippen LogP contribution < -0.4 is 5.32 Å². The van der Waals surface area contributed by atoms with Crippen LogP contribution in [0.15, 0.2) is 4.34 Å². The van der Waals surface area contributed by atoms with Crippen LogP contribution >= 0.6 is 23.1 Å². The maximum Gasteiger partial charge on any atom is 0.174 e. The highest BCUT2D eigenvalue weighted by Gasteiger charge is 2.21. The lowest BCUT2D eigenvalue weighted by atomic mass is 9.98. The normalized spacial score (nSPS) is 14.2. The monoisotopic (exact) mass is 270 g/mol. The van der Waals surface area contributed by atoms with Crippen LogP contribution in [-0.4, -0.2) is 28.0 Å². The van der Waals surface area contributed by atoms with Gasteiger partial charge in [-0.25, -0.2) is 0 Å². The van der Waals surface area contributed by atoms with Crippen LogP contribution in [-0.2, 0) is 0 Å². The largest absolute Gasteiger partial charge is 0.300 e. The highest BCUT2D eigenvalue weighted by Crippen LogP contribution is 2.24. The third-order valence-corrected chi connectivity index (χ3v) is 4.43. The number of nitrogens with one attached hydrogen (secondary N) is 1. The van der Waals surface area contributed by atoms with Crippen molar-refractivity contribution in [3.05, 3.63) is 5.01 Å². The van der Waals surface area contributed by atoms with E-state index in [4.69, 9.17) is 5.26 Å². The zero-order valence-corrected chi connectivity index (χ0v) is 12.1. The van der Waals surface area contributed by atoms with Gasteiger partial charge in [0.2, 0.25) is 0 Å². The number of thioether (sulfide) groups is 1. The molecule has 0 saturated carbocycles. The predicted octanol–water partition coefficient (Wildman–Crippen LogP) is 2.61. The molecule has 1 aromatic heterocycles. The molecule has 0 bridgehead atoms. The van der Waals surface area contributed by atoms with Crippen LogP contribution in [0.1, 0.15) is 31.7 Å². The summed E-state index contributed by atoms with van der Waals surface area (Å²) >= 11 is 3.34. The molecular weight excluding hydrogens is 252 g/mol. The van der Waals surface area contributed by atoms with Gasteiger partial charge in [-0.3, -0.25) is 5.32 Å². The third-order valence-electron chi connectivity index (χ3n) is 2.37. The first kappa shape index (κ1) is 14.4. The zero-order chi connectivity index (χ0) is 12.7. The van der Waals surface area contributed by atoms with Crippen molar-refractivity contribution in [2.24, 2.45) is 0 Å². The second kappa shape index (κ2) is 6.94. The molecule has 1 heterocycles. The predicted molar refractivity (Wildman–Crippen MR) is 72.3 cm³/mol. The average Bonchev–Trinajstić information content (AvgIpc) is 2.71. The van der Waals surface area contributed by atoms with Crippen molar-refractivity contribution in [3.63, 3.8) is 0 Å². The van der Waals surface area contributed by atoms with E-state index in [9.17, 15) is 0 Å². The summed E-state index contributed by atoms with van der Waals surface area (Å²) in [4.78, 5) is 0. The van der Waals surface area contributed by atoms with Gasteiger partial charge < -0.3 is 0 Å². The first-order chi connectivity index (χ1) is 8.09. The Morgan fingerprint density at radius 2 is 2.29 bits per heavy atom. The number of aromatic nitrogens is 2.